The number of primary amides is 1. The molecule has 0 aromatic carbocycles. The molecule has 124 valence electrons. The summed E-state index contributed by atoms with van der Waals surface area (Å²) in [6.07, 6.45) is 5.47. The summed E-state index contributed by atoms with van der Waals surface area (Å²) < 4.78 is 0. The molecule has 1 saturated carbocycles. The van der Waals surface area contributed by atoms with Crippen molar-refractivity contribution in [1.82, 2.24) is 14.8 Å². The van der Waals surface area contributed by atoms with E-state index >= 15 is 0 Å². The molecule has 1 saturated heterocycles. The molecule has 0 spiro atoms. The number of likely N-dealkylation sites (tertiary alicyclic amines) is 1. The van der Waals surface area contributed by atoms with Gasteiger partial charge in [0.1, 0.15) is 0 Å². The van der Waals surface area contributed by atoms with E-state index in [1.54, 1.807) is 6.20 Å². The highest BCUT2D eigenvalue weighted by Gasteiger charge is 2.33. The zero-order valence-electron chi connectivity index (χ0n) is 13.4. The molecule has 0 bridgehead atoms. The van der Waals surface area contributed by atoms with Crippen LogP contribution in [0.15, 0.2) is 24.4 Å². The molecule has 2 amide bonds. The van der Waals surface area contributed by atoms with Crippen LogP contribution in [0.1, 0.15) is 31.4 Å². The van der Waals surface area contributed by atoms with Gasteiger partial charge in [0.15, 0.2) is 0 Å². The fraction of sp³-hybridized carbons (Fsp3) is 0.588. The molecule has 2 heterocycles. The highest BCUT2D eigenvalue weighted by Crippen LogP contribution is 2.28. The second-order valence-corrected chi connectivity index (χ2v) is 6.51. The number of carbonyl (C=O) groups excluding carboxylic acids is 2. The predicted molar refractivity (Wildman–Crippen MR) is 86.2 cm³/mol. The van der Waals surface area contributed by atoms with Gasteiger partial charge in [-0.15, -0.1) is 0 Å². The summed E-state index contributed by atoms with van der Waals surface area (Å²) in [5, 5.41) is 0. The van der Waals surface area contributed by atoms with Crippen molar-refractivity contribution in [1.29, 1.82) is 0 Å². The van der Waals surface area contributed by atoms with E-state index in [1.807, 2.05) is 23.1 Å². The Morgan fingerprint density at radius 2 is 1.96 bits per heavy atom. The monoisotopic (exact) mass is 316 g/mol. The van der Waals surface area contributed by atoms with Gasteiger partial charge in [0.25, 0.3) is 0 Å². The van der Waals surface area contributed by atoms with E-state index in [4.69, 9.17) is 5.73 Å². The van der Waals surface area contributed by atoms with Gasteiger partial charge in [-0.05, 0) is 37.8 Å². The van der Waals surface area contributed by atoms with Gasteiger partial charge in [-0.1, -0.05) is 6.07 Å². The normalized spacial score (nSPS) is 19.1. The standard InChI is InChI=1S/C17H24N4O2/c18-17(23)13-6-9-20(10-7-13)16(22)12-21(15-4-5-15)11-14-3-1-2-8-19-14/h1-3,8,13,15H,4-7,9-12H2,(H2,18,23). The second kappa shape index (κ2) is 7.08. The molecule has 1 aromatic heterocycles. The van der Waals surface area contributed by atoms with Gasteiger partial charge < -0.3 is 10.6 Å². The Morgan fingerprint density at radius 3 is 2.52 bits per heavy atom. The number of carbonyl (C=O) groups is 2. The van der Waals surface area contributed by atoms with Crippen molar-refractivity contribution in [2.24, 2.45) is 11.7 Å². The second-order valence-electron chi connectivity index (χ2n) is 6.51. The first-order valence-corrected chi connectivity index (χ1v) is 8.34. The first-order chi connectivity index (χ1) is 11.1. The molecule has 0 radical (unpaired) electrons. The van der Waals surface area contributed by atoms with Crippen LogP contribution in [0.4, 0.5) is 0 Å². The third kappa shape index (κ3) is 4.28. The Kier molecular flexibility index (Phi) is 4.91. The summed E-state index contributed by atoms with van der Waals surface area (Å²) >= 11 is 0. The first-order valence-electron chi connectivity index (χ1n) is 8.34. The fourth-order valence-corrected chi connectivity index (χ4v) is 3.14. The largest absolute Gasteiger partial charge is 0.369 e. The molecule has 2 fully saturated rings. The van der Waals surface area contributed by atoms with Crippen molar-refractivity contribution in [2.75, 3.05) is 19.6 Å². The fourth-order valence-electron chi connectivity index (χ4n) is 3.14. The SMILES string of the molecule is NC(=O)C1CCN(C(=O)CN(Cc2ccccn2)C2CC2)CC1. The van der Waals surface area contributed by atoms with E-state index in [0.29, 0.717) is 38.5 Å². The Balaban J connectivity index is 1.54. The Bertz CT molecular complexity index is 551. The van der Waals surface area contributed by atoms with Gasteiger partial charge in [-0.25, -0.2) is 0 Å². The smallest absolute Gasteiger partial charge is 0.236 e. The minimum absolute atomic E-state index is 0.0768. The summed E-state index contributed by atoms with van der Waals surface area (Å²) in [6, 6.07) is 6.38. The maximum atomic E-state index is 12.6. The van der Waals surface area contributed by atoms with Crippen LogP contribution >= 0.6 is 0 Å². The van der Waals surface area contributed by atoms with Crippen LogP contribution in [0.2, 0.25) is 0 Å². The van der Waals surface area contributed by atoms with Gasteiger partial charge in [0.05, 0.1) is 12.2 Å². The van der Waals surface area contributed by atoms with E-state index in [1.165, 1.54) is 0 Å². The Hall–Kier alpha value is -1.95. The summed E-state index contributed by atoms with van der Waals surface area (Å²) in [4.78, 5) is 32.2. The van der Waals surface area contributed by atoms with Crippen molar-refractivity contribution >= 4 is 11.8 Å². The zero-order chi connectivity index (χ0) is 16.2. The molecule has 1 aliphatic carbocycles. The maximum Gasteiger partial charge on any atom is 0.236 e. The number of piperidine rings is 1. The van der Waals surface area contributed by atoms with Crippen molar-refractivity contribution in [3.8, 4) is 0 Å². The van der Waals surface area contributed by atoms with E-state index < -0.39 is 0 Å². The van der Waals surface area contributed by atoms with Gasteiger partial charge in [-0.3, -0.25) is 19.5 Å². The summed E-state index contributed by atoms with van der Waals surface area (Å²) in [6.45, 7) is 2.42. The molecule has 1 aromatic rings. The van der Waals surface area contributed by atoms with E-state index in [0.717, 1.165) is 25.1 Å². The average Bonchev–Trinajstić information content (AvgIpc) is 3.40. The first kappa shape index (κ1) is 15.9. The highest BCUT2D eigenvalue weighted by atomic mass is 16.2. The molecule has 2 N–H and O–H groups in total. The topological polar surface area (TPSA) is 79.5 Å². The molecule has 1 aliphatic heterocycles. The zero-order valence-corrected chi connectivity index (χ0v) is 13.4. The number of rotatable bonds is 6. The quantitative estimate of drug-likeness (QED) is 0.841. The van der Waals surface area contributed by atoms with Gasteiger partial charge in [0, 0.05) is 37.8 Å². The maximum absolute atomic E-state index is 12.6. The number of nitrogens with two attached hydrogens (primary N) is 1. The number of pyridine rings is 1. The lowest BCUT2D eigenvalue weighted by Gasteiger charge is -2.32. The number of nitrogens with zero attached hydrogens (tertiary/aromatic N) is 3. The van der Waals surface area contributed by atoms with E-state index in [-0.39, 0.29) is 17.7 Å². The third-order valence-corrected chi connectivity index (χ3v) is 4.74. The van der Waals surface area contributed by atoms with Crippen LogP contribution in [0.5, 0.6) is 0 Å². The molecule has 3 rings (SSSR count). The summed E-state index contributed by atoms with van der Waals surface area (Å²) in [5.41, 5.74) is 6.35. The number of hydrogen-bond acceptors (Lipinski definition) is 4. The molecule has 0 atom stereocenters. The van der Waals surface area contributed by atoms with Gasteiger partial charge >= 0.3 is 0 Å². The van der Waals surface area contributed by atoms with Crippen molar-refractivity contribution < 1.29 is 9.59 Å². The van der Waals surface area contributed by atoms with Crippen molar-refractivity contribution in [3.63, 3.8) is 0 Å². The van der Waals surface area contributed by atoms with Crippen molar-refractivity contribution in [2.45, 2.75) is 38.3 Å². The van der Waals surface area contributed by atoms with Crippen LogP contribution in [-0.4, -0.2) is 52.3 Å². The Morgan fingerprint density at radius 1 is 1.22 bits per heavy atom. The minimum Gasteiger partial charge on any atom is -0.369 e. The molecule has 6 nitrogen and oxygen atoms in total. The van der Waals surface area contributed by atoms with Crippen LogP contribution in [-0.2, 0) is 16.1 Å². The molecule has 2 aliphatic rings. The van der Waals surface area contributed by atoms with E-state index in [2.05, 4.69) is 9.88 Å². The minimum atomic E-state index is -0.244. The number of aromatic nitrogens is 1. The molecular weight excluding hydrogens is 292 g/mol. The molecule has 23 heavy (non-hydrogen) atoms. The van der Waals surface area contributed by atoms with Gasteiger partial charge in [-0.2, -0.15) is 0 Å². The number of amides is 2. The lowest BCUT2D eigenvalue weighted by Crippen LogP contribution is -2.46. The van der Waals surface area contributed by atoms with Crippen molar-refractivity contribution in [3.05, 3.63) is 30.1 Å². The molecular formula is C17H24N4O2. The summed E-state index contributed by atoms with van der Waals surface area (Å²) in [7, 11) is 0. The van der Waals surface area contributed by atoms with Crippen LogP contribution in [0.25, 0.3) is 0 Å². The average molecular weight is 316 g/mol. The number of hydrogen-bond donors (Lipinski definition) is 1. The van der Waals surface area contributed by atoms with Crippen LogP contribution < -0.4 is 5.73 Å². The lowest BCUT2D eigenvalue weighted by atomic mass is 9.96. The van der Waals surface area contributed by atoms with Crippen LogP contribution in [0.3, 0.4) is 0 Å². The molecule has 0 unspecified atom stereocenters. The third-order valence-electron chi connectivity index (χ3n) is 4.74. The van der Waals surface area contributed by atoms with E-state index in [9.17, 15) is 9.59 Å². The predicted octanol–water partition coefficient (Wildman–Crippen LogP) is 0.770. The molecule has 6 heteroatoms. The van der Waals surface area contributed by atoms with Crippen LogP contribution in [0, 0.1) is 5.92 Å². The highest BCUT2D eigenvalue weighted by molar-refractivity contribution is 5.80. The van der Waals surface area contributed by atoms with Gasteiger partial charge in [0.2, 0.25) is 11.8 Å². The summed E-state index contributed by atoms with van der Waals surface area (Å²) in [5.74, 6) is -0.172. The lowest BCUT2D eigenvalue weighted by molar-refractivity contribution is -0.136. The Labute approximate surface area is 136 Å².